The molecule has 1 atom stereocenters. The topological polar surface area (TPSA) is 132 Å². The molecule has 0 fully saturated rings. The number of esters is 2. The Balaban J connectivity index is 1.27. The van der Waals surface area contributed by atoms with Crippen molar-refractivity contribution in [2.24, 2.45) is 0 Å². The van der Waals surface area contributed by atoms with Gasteiger partial charge in [-0.3, -0.25) is 15.1 Å². The smallest absolute Gasteiger partial charge is 0.342 e. The summed E-state index contributed by atoms with van der Waals surface area (Å²) in [7, 11) is 0. The molecular weight excluding hydrogens is 741 g/mol. The van der Waals surface area contributed by atoms with Crippen molar-refractivity contribution < 1.29 is 28.7 Å². The molecule has 4 aromatic rings. The zero-order valence-corrected chi connectivity index (χ0v) is 35.3. The molecule has 0 aliphatic carbocycles. The fraction of sp³-hybridized carbons (Fsp3) is 0.388. The first-order valence-corrected chi connectivity index (χ1v) is 21.1. The van der Waals surface area contributed by atoms with Crippen LogP contribution in [-0.2, 0) is 28.7 Å². The van der Waals surface area contributed by atoms with Crippen molar-refractivity contribution in [2.75, 3.05) is 13.2 Å². The molecule has 2 heterocycles. The van der Waals surface area contributed by atoms with E-state index in [1.54, 1.807) is 25.2 Å². The SMILES string of the molecule is CCCCCCCCCCCCNC(=O)C=Cc1ccc(-c2nc(-c3ccc(C=CC(=O)OCC)cc3)[nH]c2-c2ccc(C3=CC(C(=O)OC(C)(C)C)ON3)cc2)cc1. The van der Waals surface area contributed by atoms with Crippen molar-refractivity contribution in [3.63, 3.8) is 0 Å². The third-order valence-corrected chi connectivity index (χ3v) is 9.76. The number of carbonyl (C=O) groups is 3. The Morgan fingerprint density at radius 3 is 1.90 bits per heavy atom. The van der Waals surface area contributed by atoms with Crippen LogP contribution in [0.5, 0.6) is 0 Å². The zero-order chi connectivity index (χ0) is 42.0. The quantitative estimate of drug-likeness (QED) is 0.0431. The standard InChI is InChI=1S/C49H60N4O6/c1-6-8-9-10-11-12-13-14-15-16-33-50-43(54)31-21-35-17-23-38(24-18-35)45-46(52-47(51-45)40-25-19-36(20-26-40)22-32-44(55)57-7-2)39-29-27-37(28-30-39)41-34-42(59-53-41)48(56)58-49(3,4)5/h17-32,34,42,53H,6-16,33H2,1-5H3,(H,50,54)(H,51,52). The lowest BCUT2D eigenvalue weighted by molar-refractivity contribution is -0.166. The molecular formula is C49H60N4O6. The van der Waals surface area contributed by atoms with Gasteiger partial charge < -0.3 is 19.8 Å². The molecule has 1 unspecified atom stereocenters. The van der Waals surface area contributed by atoms with Gasteiger partial charge in [0.1, 0.15) is 11.4 Å². The molecule has 1 aliphatic rings. The van der Waals surface area contributed by atoms with Gasteiger partial charge in [-0.2, -0.15) is 0 Å². The highest BCUT2D eigenvalue weighted by Crippen LogP contribution is 2.34. The molecule has 1 aromatic heterocycles. The second-order valence-corrected chi connectivity index (χ2v) is 15.8. The molecule has 3 N–H and O–H groups in total. The van der Waals surface area contributed by atoms with Gasteiger partial charge in [0.05, 0.1) is 23.7 Å². The maximum atomic E-state index is 12.6. The average Bonchev–Trinajstić information content (AvgIpc) is 3.91. The molecule has 1 aliphatic heterocycles. The first kappa shape index (κ1) is 44.4. The summed E-state index contributed by atoms with van der Waals surface area (Å²) < 4.78 is 10.5. The van der Waals surface area contributed by atoms with Crippen LogP contribution in [0.15, 0.2) is 91.0 Å². The summed E-state index contributed by atoms with van der Waals surface area (Å²) >= 11 is 0. The number of H-pyrrole nitrogens is 1. The second kappa shape index (κ2) is 22.4. The first-order valence-electron chi connectivity index (χ1n) is 21.1. The molecule has 59 heavy (non-hydrogen) atoms. The van der Waals surface area contributed by atoms with Gasteiger partial charge in [0, 0.05) is 35.4 Å². The first-order chi connectivity index (χ1) is 28.5. The summed E-state index contributed by atoms with van der Waals surface area (Å²) in [6.07, 6.45) is 20.0. The number of nitrogens with one attached hydrogen (secondary N) is 3. The number of aromatic nitrogens is 2. The van der Waals surface area contributed by atoms with Crippen molar-refractivity contribution in [1.29, 1.82) is 0 Å². The minimum Gasteiger partial charge on any atom is -0.463 e. The Bertz CT molecular complexity index is 2050. The lowest BCUT2D eigenvalue weighted by Gasteiger charge is -2.20. The Morgan fingerprint density at radius 1 is 0.729 bits per heavy atom. The van der Waals surface area contributed by atoms with E-state index in [1.807, 2.05) is 99.6 Å². The van der Waals surface area contributed by atoms with Crippen molar-refractivity contribution in [1.82, 2.24) is 20.8 Å². The number of imidazole rings is 1. The average molecular weight is 801 g/mol. The zero-order valence-electron chi connectivity index (χ0n) is 35.3. The minimum atomic E-state index is -0.848. The predicted octanol–water partition coefficient (Wildman–Crippen LogP) is 10.6. The molecule has 0 saturated carbocycles. The number of hydrogen-bond acceptors (Lipinski definition) is 8. The van der Waals surface area contributed by atoms with Crippen LogP contribution < -0.4 is 10.8 Å². The van der Waals surface area contributed by atoms with E-state index < -0.39 is 17.7 Å². The molecule has 0 bridgehead atoms. The third-order valence-electron chi connectivity index (χ3n) is 9.76. The number of hydroxylamine groups is 1. The van der Waals surface area contributed by atoms with Gasteiger partial charge in [-0.05, 0) is 69.0 Å². The van der Waals surface area contributed by atoms with E-state index in [0.717, 1.165) is 57.6 Å². The second-order valence-electron chi connectivity index (χ2n) is 15.8. The number of rotatable bonds is 21. The number of nitrogens with zero attached hydrogens (tertiary/aromatic N) is 1. The van der Waals surface area contributed by atoms with Crippen molar-refractivity contribution in [3.8, 4) is 33.9 Å². The largest absolute Gasteiger partial charge is 0.463 e. The summed E-state index contributed by atoms with van der Waals surface area (Å²) in [4.78, 5) is 51.1. The van der Waals surface area contributed by atoms with Gasteiger partial charge >= 0.3 is 11.9 Å². The van der Waals surface area contributed by atoms with Crippen LogP contribution in [0.25, 0.3) is 51.8 Å². The van der Waals surface area contributed by atoms with Gasteiger partial charge in [0.2, 0.25) is 12.0 Å². The maximum absolute atomic E-state index is 12.6. The number of ether oxygens (including phenoxy) is 2. The van der Waals surface area contributed by atoms with Crippen LogP contribution >= 0.6 is 0 Å². The van der Waals surface area contributed by atoms with E-state index in [1.165, 1.54) is 57.4 Å². The number of aromatic amines is 1. The predicted molar refractivity (Wildman–Crippen MR) is 236 cm³/mol. The number of amides is 1. The van der Waals surface area contributed by atoms with Crippen LogP contribution in [0.2, 0.25) is 0 Å². The van der Waals surface area contributed by atoms with Crippen LogP contribution in [0.3, 0.4) is 0 Å². The Labute approximate surface area is 349 Å². The molecule has 0 radical (unpaired) electrons. The van der Waals surface area contributed by atoms with Gasteiger partial charge in [-0.25, -0.2) is 14.6 Å². The highest BCUT2D eigenvalue weighted by Gasteiger charge is 2.29. The summed E-state index contributed by atoms with van der Waals surface area (Å²) in [5.41, 5.74) is 9.78. The van der Waals surface area contributed by atoms with E-state index in [2.05, 4.69) is 22.7 Å². The van der Waals surface area contributed by atoms with Gasteiger partial charge in [-0.1, -0.05) is 138 Å². The van der Waals surface area contributed by atoms with Crippen molar-refractivity contribution >= 4 is 35.7 Å². The van der Waals surface area contributed by atoms with Crippen LogP contribution in [0.4, 0.5) is 0 Å². The van der Waals surface area contributed by atoms with Crippen LogP contribution in [0, 0.1) is 0 Å². The third kappa shape index (κ3) is 14.2. The van der Waals surface area contributed by atoms with Gasteiger partial charge in [-0.15, -0.1) is 0 Å². The summed E-state index contributed by atoms with van der Waals surface area (Å²) in [6, 6.07) is 23.6. The van der Waals surface area contributed by atoms with E-state index in [4.69, 9.17) is 19.3 Å². The van der Waals surface area contributed by atoms with Crippen LogP contribution in [0.1, 0.15) is 116 Å². The molecule has 5 rings (SSSR count). The summed E-state index contributed by atoms with van der Waals surface area (Å²) in [5, 5.41) is 3.02. The summed E-state index contributed by atoms with van der Waals surface area (Å²) in [6.45, 7) is 10.5. The number of unbranched alkanes of at least 4 members (excludes halogenated alkanes) is 9. The molecule has 0 saturated heterocycles. The number of carbonyl (C=O) groups excluding carboxylic acids is 3. The fourth-order valence-corrected chi connectivity index (χ4v) is 6.64. The maximum Gasteiger partial charge on any atom is 0.342 e. The highest BCUT2D eigenvalue weighted by atomic mass is 16.7. The minimum absolute atomic E-state index is 0.0921. The van der Waals surface area contributed by atoms with Gasteiger partial charge in [0.15, 0.2) is 0 Å². The highest BCUT2D eigenvalue weighted by molar-refractivity contribution is 5.92. The fourth-order valence-electron chi connectivity index (χ4n) is 6.64. The lowest BCUT2D eigenvalue weighted by Crippen LogP contribution is -2.32. The molecule has 312 valence electrons. The normalized spacial score (nSPS) is 14.1. The molecule has 0 spiro atoms. The van der Waals surface area contributed by atoms with Crippen molar-refractivity contribution in [3.05, 3.63) is 108 Å². The number of hydrogen-bond donors (Lipinski definition) is 3. The molecule has 10 nitrogen and oxygen atoms in total. The van der Waals surface area contributed by atoms with Gasteiger partial charge in [0.25, 0.3) is 0 Å². The Kier molecular flexibility index (Phi) is 16.9. The van der Waals surface area contributed by atoms with E-state index in [0.29, 0.717) is 24.7 Å². The lowest BCUT2D eigenvalue weighted by atomic mass is 10.0. The molecule has 10 heteroatoms. The molecule has 1 amide bonds. The Morgan fingerprint density at radius 2 is 1.29 bits per heavy atom. The Hall–Kier alpha value is -5.74. The summed E-state index contributed by atoms with van der Waals surface area (Å²) in [5.74, 6) is -0.260. The monoisotopic (exact) mass is 800 g/mol. The van der Waals surface area contributed by atoms with E-state index in [9.17, 15) is 14.4 Å². The van der Waals surface area contributed by atoms with Crippen molar-refractivity contribution in [2.45, 2.75) is 111 Å². The number of benzene rings is 3. The van der Waals surface area contributed by atoms with E-state index in [-0.39, 0.29) is 11.9 Å². The molecule has 3 aromatic carbocycles. The van der Waals surface area contributed by atoms with Crippen LogP contribution in [-0.4, -0.2) is 52.7 Å². The van der Waals surface area contributed by atoms with E-state index >= 15 is 0 Å².